The van der Waals surface area contributed by atoms with E-state index in [1.54, 1.807) is 24.5 Å². The Kier molecular flexibility index (Phi) is 5.97. The van der Waals surface area contributed by atoms with Crippen molar-refractivity contribution in [3.05, 3.63) is 58.9 Å². The highest BCUT2D eigenvalue weighted by Gasteiger charge is 2.35. The smallest absolute Gasteiger partial charge is 0.326 e. The molecule has 0 spiro atoms. The van der Waals surface area contributed by atoms with E-state index in [0.717, 1.165) is 28.9 Å². The molecule has 28 heavy (non-hydrogen) atoms. The molecule has 0 bridgehead atoms. The van der Waals surface area contributed by atoms with Crippen molar-refractivity contribution in [2.45, 2.75) is 46.3 Å². The summed E-state index contributed by atoms with van der Waals surface area (Å²) >= 11 is 0. The lowest BCUT2D eigenvalue weighted by molar-refractivity contribution is -0.144. The van der Waals surface area contributed by atoms with Gasteiger partial charge in [-0.2, -0.15) is 0 Å². The van der Waals surface area contributed by atoms with Gasteiger partial charge in [0.1, 0.15) is 18.4 Å². The number of carboxylic acid groups (broad SMARTS) is 1. The minimum atomic E-state index is -0.940. The predicted molar refractivity (Wildman–Crippen MR) is 105 cm³/mol. The van der Waals surface area contributed by atoms with E-state index in [-0.39, 0.29) is 5.91 Å². The highest BCUT2D eigenvalue weighted by molar-refractivity contribution is 5.97. The first kappa shape index (κ1) is 19.9. The lowest BCUT2D eigenvalue weighted by atomic mass is 9.91. The fourth-order valence-electron chi connectivity index (χ4n) is 3.72. The minimum absolute atomic E-state index is 0.232. The molecule has 1 amide bonds. The number of hydrogen-bond acceptors (Lipinski definition) is 4. The molecule has 1 aliphatic heterocycles. The molecule has 1 aromatic heterocycles. The first-order valence-electron chi connectivity index (χ1n) is 9.53. The van der Waals surface area contributed by atoms with E-state index in [9.17, 15) is 14.7 Å². The molecular formula is C22H26N2O4. The highest BCUT2D eigenvalue weighted by atomic mass is 16.5. The monoisotopic (exact) mass is 382 g/mol. The van der Waals surface area contributed by atoms with E-state index < -0.39 is 12.0 Å². The average Bonchev–Trinajstić information content (AvgIpc) is 2.67. The fraction of sp³-hybridized carbons (Fsp3) is 0.409. The van der Waals surface area contributed by atoms with Gasteiger partial charge in [-0.3, -0.25) is 9.78 Å². The standard InChI is InChI=1S/C22H26N2O4/c1-14-6-8-24(19(9-14)22(26)27)21(25)18-10-15(2)20(16(3)11-18)28-13-17-5-4-7-23-12-17/h4-5,7,10-12,14,19H,6,8-9,13H2,1-3H3,(H,26,27). The second-order valence-electron chi connectivity index (χ2n) is 7.57. The van der Waals surface area contributed by atoms with E-state index >= 15 is 0 Å². The maximum absolute atomic E-state index is 13.0. The maximum Gasteiger partial charge on any atom is 0.326 e. The summed E-state index contributed by atoms with van der Waals surface area (Å²) in [5.41, 5.74) is 3.17. The number of aliphatic carboxylic acids is 1. The third-order valence-corrected chi connectivity index (χ3v) is 5.22. The summed E-state index contributed by atoms with van der Waals surface area (Å²) in [4.78, 5) is 30.2. The van der Waals surface area contributed by atoms with Crippen LogP contribution >= 0.6 is 0 Å². The predicted octanol–water partition coefficient (Wildman–Crippen LogP) is 3.60. The summed E-state index contributed by atoms with van der Waals surface area (Å²) in [6.45, 7) is 6.69. The van der Waals surface area contributed by atoms with Crippen molar-refractivity contribution < 1.29 is 19.4 Å². The summed E-state index contributed by atoms with van der Waals surface area (Å²) in [6, 6.07) is 6.60. The minimum Gasteiger partial charge on any atom is -0.488 e. The number of hydrogen-bond donors (Lipinski definition) is 1. The third kappa shape index (κ3) is 4.32. The zero-order chi connectivity index (χ0) is 20.3. The van der Waals surface area contributed by atoms with Crippen LogP contribution in [0.3, 0.4) is 0 Å². The lowest BCUT2D eigenvalue weighted by Crippen LogP contribution is -2.49. The molecule has 1 aliphatic rings. The molecule has 2 atom stereocenters. The highest BCUT2D eigenvalue weighted by Crippen LogP contribution is 2.29. The number of pyridine rings is 1. The van der Waals surface area contributed by atoms with Crippen molar-refractivity contribution >= 4 is 11.9 Å². The van der Waals surface area contributed by atoms with E-state index in [2.05, 4.69) is 4.98 Å². The topological polar surface area (TPSA) is 79.7 Å². The zero-order valence-corrected chi connectivity index (χ0v) is 16.5. The van der Waals surface area contributed by atoms with Gasteiger partial charge in [0.05, 0.1) is 0 Å². The van der Waals surface area contributed by atoms with Crippen LogP contribution in [0.25, 0.3) is 0 Å². The van der Waals surface area contributed by atoms with Crippen LogP contribution in [-0.2, 0) is 11.4 Å². The van der Waals surface area contributed by atoms with Gasteiger partial charge < -0.3 is 14.7 Å². The molecule has 2 heterocycles. The van der Waals surface area contributed by atoms with Crippen molar-refractivity contribution in [3.8, 4) is 5.75 Å². The molecule has 0 aliphatic carbocycles. The Morgan fingerprint density at radius 3 is 2.61 bits per heavy atom. The number of aromatic nitrogens is 1. The number of carboxylic acids is 1. The number of benzene rings is 1. The molecule has 1 saturated heterocycles. The number of amides is 1. The molecule has 148 valence electrons. The first-order chi connectivity index (χ1) is 13.4. The van der Waals surface area contributed by atoms with E-state index in [0.29, 0.717) is 31.1 Å². The summed E-state index contributed by atoms with van der Waals surface area (Å²) in [7, 11) is 0. The number of likely N-dealkylation sites (tertiary alicyclic amines) is 1. The average molecular weight is 382 g/mol. The maximum atomic E-state index is 13.0. The Morgan fingerprint density at radius 1 is 1.29 bits per heavy atom. The van der Waals surface area contributed by atoms with Crippen molar-refractivity contribution in [2.24, 2.45) is 5.92 Å². The largest absolute Gasteiger partial charge is 0.488 e. The number of aryl methyl sites for hydroxylation is 2. The second kappa shape index (κ2) is 8.42. The molecule has 1 fully saturated rings. The van der Waals surface area contributed by atoms with Crippen molar-refractivity contribution in [1.29, 1.82) is 0 Å². The first-order valence-corrected chi connectivity index (χ1v) is 9.53. The van der Waals surface area contributed by atoms with E-state index in [1.165, 1.54) is 4.90 Å². The van der Waals surface area contributed by atoms with Crippen LogP contribution in [0.15, 0.2) is 36.7 Å². The Bertz CT molecular complexity index is 843. The van der Waals surface area contributed by atoms with Crippen molar-refractivity contribution in [1.82, 2.24) is 9.88 Å². The summed E-state index contributed by atoms with van der Waals surface area (Å²) < 4.78 is 5.95. The number of ether oxygens (including phenoxy) is 1. The number of carbonyl (C=O) groups is 2. The van der Waals surface area contributed by atoms with Crippen LogP contribution in [0.5, 0.6) is 5.75 Å². The van der Waals surface area contributed by atoms with Gasteiger partial charge in [-0.25, -0.2) is 4.79 Å². The van der Waals surface area contributed by atoms with Gasteiger partial charge in [-0.05, 0) is 61.9 Å². The summed E-state index contributed by atoms with van der Waals surface area (Å²) in [6.07, 6.45) is 4.78. The number of carbonyl (C=O) groups excluding carboxylic acids is 1. The Morgan fingerprint density at radius 2 is 2.00 bits per heavy atom. The van der Waals surface area contributed by atoms with Crippen LogP contribution in [0.2, 0.25) is 0 Å². The van der Waals surface area contributed by atoms with Gasteiger partial charge in [0, 0.05) is 30.1 Å². The molecule has 1 N–H and O–H groups in total. The normalized spacial score (nSPS) is 19.3. The van der Waals surface area contributed by atoms with Crippen LogP contribution in [0, 0.1) is 19.8 Å². The van der Waals surface area contributed by atoms with Crippen LogP contribution in [0.1, 0.15) is 46.8 Å². The Labute approximate surface area is 165 Å². The molecule has 0 radical (unpaired) electrons. The molecule has 2 unspecified atom stereocenters. The number of rotatable bonds is 5. The second-order valence-corrected chi connectivity index (χ2v) is 7.57. The van der Waals surface area contributed by atoms with E-state index in [4.69, 9.17) is 4.74 Å². The summed E-state index contributed by atoms with van der Waals surface area (Å²) in [5, 5.41) is 9.53. The SMILES string of the molecule is Cc1cc(C(=O)N2CCC(C)CC2C(=O)O)cc(C)c1OCc1cccnc1. The molecule has 0 saturated carbocycles. The molecular weight excluding hydrogens is 356 g/mol. The third-order valence-electron chi connectivity index (χ3n) is 5.22. The van der Waals surface area contributed by atoms with Crippen LogP contribution in [-0.4, -0.2) is 39.5 Å². The fourth-order valence-corrected chi connectivity index (χ4v) is 3.72. The van der Waals surface area contributed by atoms with Crippen molar-refractivity contribution in [2.75, 3.05) is 6.54 Å². The lowest BCUT2D eigenvalue weighted by Gasteiger charge is -2.36. The van der Waals surface area contributed by atoms with Gasteiger partial charge in [0.25, 0.3) is 5.91 Å². The van der Waals surface area contributed by atoms with E-state index in [1.807, 2.05) is 32.9 Å². The van der Waals surface area contributed by atoms with Gasteiger partial charge in [-0.1, -0.05) is 13.0 Å². The zero-order valence-electron chi connectivity index (χ0n) is 16.5. The molecule has 6 nitrogen and oxygen atoms in total. The number of nitrogens with zero attached hydrogens (tertiary/aromatic N) is 2. The van der Waals surface area contributed by atoms with Crippen molar-refractivity contribution in [3.63, 3.8) is 0 Å². The number of piperidine rings is 1. The Hall–Kier alpha value is -2.89. The molecule has 6 heteroatoms. The van der Waals surface area contributed by atoms with Crippen LogP contribution in [0.4, 0.5) is 0 Å². The van der Waals surface area contributed by atoms with Gasteiger partial charge in [0.15, 0.2) is 0 Å². The van der Waals surface area contributed by atoms with Crippen LogP contribution < -0.4 is 4.74 Å². The van der Waals surface area contributed by atoms with Gasteiger partial charge in [0.2, 0.25) is 0 Å². The molecule has 1 aromatic carbocycles. The van der Waals surface area contributed by atoms with Gasteiger partial charge >= 0.3 is 5.97 Å². The quantitative estimate of drug-likeness (QED) is 0.855. The Balaban J connectivity index is 1.79. The molecule has 2 aromatic rings. The summed E-state index contributed by atoms with van der Waals surface area (Å²) in [5.74, 6) is -0.131. The van der Waals surface area contributed by atoms with Gasteiger partial charge in [-0.15, -0.1) is 0 Å². The molecule has 3 rings (SSSR count).